The van der Waals surface area contributed by atoms with Gasteiger partial charge in [0.1, 0.15) is 5.75 Å². The first-order valence-corrected chi connectivity index (χ1v) is 5.94. The molecule has 0 heterocycles. The summed E-state index contributed by atoms with van der Waals surface area (Å²) in [6.45, 7) is 4.05. The molecule has 0 aliphatic carbocycles. The summed E-state index contributed by atoms with van der Waals surface area (Å²) >= 11 is 0. The highest BCUT2D eigenvalue weighted by molar-refractivity contribution is 5.97. The van der Waals surface area contributed by atoms with Crippen LogP contribution in [0.5, 0.6) is 5.75 Å². The summed E-state index contributed by atoms with van der Waals surface area (Å²) in [4.78, 5) is 12.0. The molecule has 2 aromatic rings. The van der Waals surface area contributed by atoms with E-state index in [1.807, 2.05) is 56.3 Å². The van der Waals surface area contributed by atoms with Crippen LogP contribution in [0.4, 0.5) is 0 Å². The number of rotatable bonds is 4. The number of benzene rings is 2. The van der Waals surface area contributed by atoms with Crippen molar-refractivity contribution in [2.75, 3.05) is 6.61 Å². The van der Waals surface area contributed by atoms with Crippen molar-refractivity contribution in [1.29, 1.82) is 0 Å². The third-order valence-electron chi connectivity index (χ3n) is 2.66. The summed E-state index contributed by atoms with van der Waals surface area (Å²) in [5.74, 6) is 0.723. The molecule has 0 aliphatic heterocycles. The van der Waals surface area contributed by atoms with E-state index in [-0.39, 0.29) is 12.4 Å². The van der Waals surface area contributed by atoms with E-state index in [0.717, 1.165) is 16.9 Å². The van der Waals surface area contributed by atoms with Gasteiger partial charge in [0.05, 0.1) is 0 Å². The number of hydrogen-bond acceptors (Lipinski definition) is 2. The quantitative estimate of drug-likeness (QED) is 0.764. The molecule has 0 N–H and O–H groups in total. The monoisotopic (exact) mass is 240 g/mol. The van der Waals surface area contributed by atoms with Crippen molar-refractivity contribution < 1.29 is 9.53 Å². The third-order valence-corrected chi connectivity index (χ3v) is 2.66. The lowest BCUT2D eigenvalue weighted by Crippen LogP contribution is -2.11. The smallest absolute Gasteiger partial charge is 0.200 e. The van der Waals surface area contributed by atoms with E-state index in [0.29, 0.717) is 5.56 Å². The summed E-state index contributed by atoms with van der Waals surface area (Å²) in [5.41, 5.74) is 2.90. The van der Waals surface area contributed by atoms with Crippen LogP contribution in [0.1, 0.15) is 21.5 Å². The van der Waals surface area contributed by atoms with Crippen LogP contribution >= 0.6 is 0 Å². The van der Waals surface area contributed by atoms with E-state index in [9.17, 15) is 4.79 Å². The Morgan fingerprint density at radius 2 is 1.61 bits per heavy atom. The molecule has 92 valence electrons. The van der Waals surface area contributed by atoms with Gasteiger partial charge in [0, 0.05) is 5.56 Å². The van der Waals surface area contributed by atoms with Gasteiger partial charge in [0.25, 0.3) is 0 Å². The zero-order valence-electron chi connectivity index (χ0n) is 10.6. The van der Waals surface area contributed by atoms with Crippen molar-refractivity contribution in [2.24, 2.45) is 0 Å². The Bertz CT molecular complexity index is 524. The number of para-hydroxylation sites is 1. The van der Waals surface area contributed by atoms with Crippen molar-refractivity contribution >= 4 is 5.78 Å². The van der Waals surface area contributed by atoms with Crippen molar-refractivity contribution in [1.82, 2.24) is 0 Å². The Kier molecular flexibility index (Phi) is 3.78. The van der Waals surface area contributed by atoms with Crippen LogP contribution in [0.15, 0.2) is 48.5 Å². The molecule has 18 heavy (non-hydrogen) atoms. The normalized spacial score (nSPS) is 10.1. The molecule has 0 saturated carbocycles. The highest BCUT2D eigenvalue weighted by Crippen LogP contribution is 2.12. The second kappa shape index (κ2) is 5.50. The molecular weight excluding hydrogens is 224 g/mol. The molecule has 0 saturated heterocycles. The highest BCUT2D eigenvalue weighted by Gasteiger charge is 2.07. The predicted octanol–water partition coefficient (Wildman–Crippen LogP) is 3.57. The highest BCUT2D eigenvalue weighted by atomic mass is 16.5. The zero-order chi connectivity index (χ0) is 13.0. The van der Waals surface area contributed by atoms with Crippen molar-refractivity contribution in [3.05, 3.63) is 65.2 Å². The van der Waals surface area contributed by atoms with Gasteiger partial charge in [0.2, 0.25) is 0 Å². The summed E-state index contributed by atoms with van der Waals surface area (Å²) in [6, 6.07) is 15.2. The Labute approximate surface area is 107 Å². The summed E-state index contributed by atoms with van der Waals surface area (Å²) in [6.07, 6.45) is 0. The molecule has 0 radical (unpaired) electrons. The fourth-order valence-corrected chi connectivity index (χ4v) is 1.88. The molecule has 2 aromatic carbocycles. The third kappa shape index (κ3) is 3.20. The van der Waals surface area contributed by atoms with Gasteiger partial charge in [-0.3, -0.25) is 4.79 Å². The fourth-order valence-electron chi connectivity index (χ4n) is 1.88. The zero-order valence-corrected chi connectivity index (χ0v) is 10.6. The fraction of sp³-hybridized carbons (Fsp3) is 0.188. The van der Waals surface area contributed by atoms with Crippen LogP contribution in [0.25, 0.3) is 0 Å². The maximum atomic E-state index is 12.0. The van der Waals surface area contributed by atoms with E-state index in [1.165, 1.54) is 0 Å². The second-order valence-electron chi connectivity index (χ2n) is 4.40. The number of carbonyl (C=O) groups excluding carboxylic acids is 1. The lowest BCUT2D eigenvalue weighted by atomic mass is 10.0. The van der Waals surface area contributed by atoms with Gasteiger partial charge in [0.15, 0.2) is 12.4 Å². The molecule has 0 amide bonds. The van der Waals surface area contributed by atoms with Gasteiger partial charge in [-0.25, -0.2) is 0 Å². The molecule has 2 heteroatoms. The van der Waals surface area contributed by atoms with Gasteiger partial charge in [-0.15, -0.1) is 0 Å². The van der Waals surface area contributed by atoms with E-state index in [1.54, 1.807) is 0 Å². The maximum Gasteiger partial charge on any atom is 0.200 e. The molecule has 0 unspecified atom stereocenters. The minimum Gasteiger partial charge on any atom is -0.485 e. The van der Waals surface area contributed by atoms with Crippen LogP contribution in [0, 0.1) is 13.8 Å². The summed E-state index contributed by atoms with van der Waals surface area (Å²) < 4.78 is 5.45. The number of aryl methyl sites for hydroxylation is 2. The molecule has 0 aliphatic rings. The minimum absolute atomic E-state index is 0.00523. The van der Waals surface area contributed by atoms with Crippen LogP contribution in [-0.4, -0.2) is 12.4 Å². The Hall–Kier alpha value is -2.09. The minimum atomic E-state index is 0.00523. The maximum absolute atomic E-state index is 12.0. The Morgan fingerprint density at radius 3 is 2.22 bits per heavy atom. The second-order valence-corrected chi connectivity index (χ2v) is 4.40. The Balaban J connectivity index is 2.04. The molecule has 0 bridgehead atoms. The standard InChI is InChI=1S/C16H16O2/c1-12-8-13(2)10-14(9-12)16(17)11-18-15-6-4-3-5-7-15/h3-10H,11H2,1-2H3. The van der Waals surface area contributed by atoms with Gasteiger partial charge >= 0.3 is 0 Å². The van der Waals surface area contributed by atoms with Gasteiger partial charge < -0.3 is 4.74 Å². The molecular formula is C16H16O2. The molecule has 0 spiro atoms. The average molecular weight is 240 g/mol. The largest absolute Gasteiger partial charge is 0.485 e. The number of hydrogen-bond donors (Lipinski definition) is 0. The van der Waals surface area contributed by atoms with Gasteiger partial charge in [-0.1, -0.05) is 35.4 Å². The summed E-state index contributed by atoms with van der Waals surface area (Å²) in [7, 11) is 0. The first kappa shape index (κ1) is 12.4. The van der Waals surface area contributed by atoms with E-state index < -0.39 is 0 Å². The predicted molar refractivity (Wildman–Crippen MR) is 72.2 cm³/mol. The van der Waals surface area contributed by atoms with Crippen LogP contribution in [0.3, 0.4) is 0 Å². The van der Waals surface area contributed by atoms with E-state index in [4.69, 9.17) is 4.74 Å². The lowest BCUT2D eigenvalue weighted by Gasteiger charge is -2.06. The van der Waals surface area contributed by atoms with Crippen LogP contribution in [0.2, 0.25) is 0 Å². The van der Waals surface area contributed by atoms with Crippen molar-refractivity contribution in [3.63, 3.8) is 0 Å². The van der Waals surface area contributed by atoms with E-state index >= 15 is 0 Å². The van der Waals surface area contributed by atoms with Gasteiger partial charge in [-0.05, 0) is 38.1 Å². The van der Waals surface area contributed by atoms with Crippen molar-refractivity contribution in [3.8, 4) is 5.75 Å². The van der Waals surface area contributed by atoms with Gasteiger partial charge in [-0.2, -0.15) is 0 Å². The average Bonchev–Trinajstić information content (AvgIpc) is 2.36. The first-order valence-electron chi connectivity index (χ1n) is 5.94. The summed E-state index contributed by atoms with van der Waals surface area (Å²) in [5, 5.41) is 0. The van der Waals surface area contributed by atoms with Crippen LogP contribution in [-0.2, 0) is 0 Å². The number of carbonyl (C=O) groups is 1. The first-order chi connectivity index (χ1) is 8.65. The van der Waals surface area contributed by atoms with Crippen LogP contribution < -0.4 is 4.74 Å². The Morgan fingerprint density at radius 1 is 1.00 bits per heavy atom. The molecule has 2 nitrogen and oxygen atoms in total. The SMILES string of the molecule is Cc1cc(C)cc(C(=O)COc2ccccc2)c1. The number of ether oxygens (including phenoxy) is 1. The topological polar surface area (TPSA) is 26.3 Å². The molecule has 0 aromatic heterocycles. The van der Waals surface area contributed by atoms with Crippen molar-refractivity contribution in [2.45, 2.75) is 13.8 Å². The molecule has 0 atom stereocenters. The molecule has 2 rings (SSSR count). The van der Waals surface area contributed by atoms with E-state index in [2.05, 4.69) is 6.07 Å². The lowest BCUT2D eigenvalue weighted by molar-refractivity contribution is 0.0921. The number of ketones is 1. The molecule has 0 fully saturated rings. The number of Topliss-reactive ketones (excluding diaryl/α,β-unsaturated/α-hetero) is 1.